The lowest BCUT2D eigenvalue weighted by Crippen LogP contribution is -2.27. The van der Waals surface area contributed by atoms with Crippen molar-refractivity contribution in [1.29, 1.82) is 0 Å². The number of hydrogen-bond donors (Lipinski definition) is 1. The molecule has 4 atom stereocenters. The Bertz CT molecular complexity index is 814. The van der Waals surface area contributed by atoms with Crippen molar-refractivity contribution in [1.82, 2.24) is 20.1 Å². The van der Waals surface area contributed by atoms with Gasteiger partial charge in [0.1, 0.15) is 0 Å². The topological polar surface area (TPSA) is 59.8 Å². The zero-order valence-corrected chi connectivity index (χ0v) is 17.3. The van der Waals surface area contributed by atoms with E-state index in [1.807, 2.05) is 0 Å². The number of rotatable bonds is 7. The highest BCUT2D eigenvalue weighted by atomic mass is 32.2. The summed E-state index contributed by atoms with van der Waals surface area (Å²) in [6.45, 7) is 2.33. The van der Waals surface area contributed by atoms with Gasteiger partial charge in [-0.3, -0.25) is 9.36 Å². The van der Waals surface area contributed by atoms with Crippen LogP contribution < -0.4 is 5.32 Å². The van der Waals surface area contributed by atoms with Crippen LogP contribution in [0.5, 0.6) is 0 Å². The second-order valence-electron chi connectivity index (χ2n) is 8.36. The molecule has 144 valence electrons. The highest BCUT2D eigenvalue weighted by Crippen LogP contribution is 2.53. The first-order valence-corrected chi connectivity index (χ1v) is 12.0. The monoisotopic (exact) mass is 402 g/mol. The van der Waals surface area contributed by atoms with Crippen LogP contribution in [0.4, 0.5) is 0 Å². The molecule has 7 heteroatoms. The summed E-state index contributed by atoms with van der Waals surface area (Å²) < 4.78 is 2.33. The van der Waals surface area contributed by atoms with Crippen molar-refractivity contribution < 1.29 is 4.79 Å². The summed E-state index contributed by atoms with van der Waals surface area (Å²) in [6, 6.07) is 4.97. The van der Waals surface area contributed by atoms with E-state index < -0.39 is 0 Å². The zero-order chi connectivity index (χ0) is 18.4. The smallest absolute Gasteiger partial charge is 0.230 e. The number of nitrogens with zero attached hydrogens (tertiary/aromatic N) is 3. The first kappa shape index (κ1) is 17.7. The second-order valence-corrected chi connectivity index (χ2v) is 10.3. The molecule has 3 aliphatic rings. The van der Waals surface area contributed by atoms with Gasteiger partial charge in [-0.2, -0.15) is 0 Å². The van der Waals surface area contributed by atoms with Crippen LogP contribution in [0.2, 0.25) is 0 Å². The highest BCUT2D eigenvalue weighted by molar-refractivity contribution is 7.99. The van der Waals surface area contributed by atoms with E-state index in [1.54, 1.807) is 11.3 Å². The van der Waals surface area contributed by atoms with Gasteiger partial charge in [0.05, 0.1) is 10.6 Å². The SMILES string of the molecule is CC(C1CC2CCC1C2)n1c(SCC(=O)NC2CC2)nnc1-c1cccs1. The maximum Gasteiger partial charge on any atom is 0.230 e. The van der Waals surface area contributed by atoms with E-state index in [1.165, 1.54) is 37.4 Å². The molecule has 0 aromatic carbocycles. The summed E-state index contributed by atoms with van der Waals surface area (Å²) in [5, 5.41) is 15.1. The van der Waals surface area contributed by atoms with E-state index in [-0.39, 0.29) is 5.91 Å². The van der Waals surface area contributed by atoms with Gasteiger partial charge in [0.25, 0.3) is 0 Å². The fraction of sp³-hybridized carbons (Fsp3) is 0.650. The van der Waals surface area contributed by atoms with Gasteiger partial charge in [0, 0.05) is 12.1 Å². The van der Waals surface area contributed by atoms with E-state index in [0.29, 0.717) is 23.8 Å². The third-order valence-corrected chi connectivity index (χ3v) is 8.31. The van der Waals surface area contributed by atoms with Crippen LogP contribution in [-0.2, 0) is 4.79 Å². The predicted octanol–water partition coefficient (Wildman–Crippen LogP) is 4.37. The third kappa shape index (κ3) is 3.56. The summed E-state index contributed by atoms with van der Waals surface area (Å²) in [5.41, 5.74) is 0. The van der Waals surface area contributed by atoms with Crippen LogP contribution in [-0.4, -0.2) is 32.5 Å². The van der Waals surface area contributed by atoms with Crippen molar-refractivity contribution >= 4 is 29.0 Å². The Morgan fingerprint density at radius 3 is 2.89 bits per heavy atom. The van der Waals surface area contributed by atoms with Gasteiger partial charge in [-0.15, -0.1) is 21.5 Å². The molecule has 5 nitrogen and oxygen atoms in total. The molecule has 5 rings (SSSR count). The summed E-state index contributed by atoms with van der Waals surface area (Å²) >= 11 is 3.24. The van der Waals surface area contributed by atoms with E-state index in [2.05, 4.69) is 44.5 Å². The summed E-state index contributed by atoms with van der Waals surface area (Å²) in [7, 11) is 0. The molecule has 2 bridgehead atoms. The number of carbonyl (C=O) groups is 1. The number of fused-ring (bicyclic) bond motifs is 2. The van der Waals surface area contributed by atoms with Crippen LogP contribution in [0.3, 0.4) is 0 Å². The minimum atomic E-state index is 0.113. The number of thiophene rings is 1. The first-order valence-electron chi connectivity index (χ1n) is 10.1. The minimum Gasteiger partial charge on any atom is -0.353 e. The molecule has 3 fully saturated rings. The molecule has 0 radical (unpaired) electrons. The Labute approximate surface area is 168 Å². The molecule has 2 aromatic heterocycles. The second kappa shape index (κ2) is 7.24. The molecule has 0 saturated heterocycles. The first-order chi connectivity index (χ1) is 13.2. The molecule has 3 aliphatic carbocycles. The summed E-state index contributed by atoms with van der Waals surface area (Å²) in [5.74, 6) is 3.97. The normalized spacial score (nSPS) is 27.8. The predicted molar refractivity (Wildman–Crippen MR) is 109 cm³/mol. The maximum atomic E-state index is 12.2. The van der Waals surface area contributed by atoms with Crippen LogP contribution in [0, 0.1) is 17.8 Å². The van der Waals surface area contributed by atoms with Crippen molar-refractivity contribution in [2.24, 2.45) is 17.8 Å². The quantitative estimate of drug-likeness (QED) is 0.699. The van der Waals surface area contributed by atoms with Gasteiger partial charge >= 0.3 is 0 Å². The molecule has 27 heavy (non-hydrogen) atoms. The van der Waals surface area contributed by atoms with Gasteiger partial charge in [-0.05, 0) is 68.2 Å². The Balaban J connectivity index is 1.39. The summed E-state index contributed by atoms with van der Waals surface area (Å²) in [4.78, 5) is 13.3. The van der Waals surface area contributed by atoms with Crippen LogP contribution in [0.25, 0.3) is 10.7 Å². The lowest BCUT2D eigenvalue weighted by atomic mass is 9.84. The number of thioether (sulfide) groups is 1. The minimum absolute atomic E-state index is 0.113. The Morgan fingerprint density at radius 2 is 2.22 bits per heavy atom. The third-order valence-electron chi connectivity index (χ3n) is 6.50. The maximum absolute atomic E-state index is 12.2. The van der Waals surface area contributed by atoms with Crippen molar-refractivity contribution in [3.8, 4) is 10.7 Å². The lowest BCUT2D eigenvalue weighted by Gasteiger charge is -2.30. The molecule has 2 heterocycles. The number of amides is 1. The highest BCUT2D eigenvalue weighted by Gasteiger charge is 2.43. The summed E-state index contributed by atoms with van der Waals surface area (Å²) in [6.07, 6.45) is 7.77. The number of nitrogens with one attached hydrogen (secondary N) is 1. The average Bonchev–Trinajstić information content (AvgIpc) is 3.17. The standard InChI is InChI=1S/C20H26N4OS2/c1-12(16-10-13-4-5-14(16)9-13)24-19(17-3-2-8-26-17)22-23-20(24)27-11-18(25)21-15-6-7-15/h2-3,8,12-16H,4-7,9-11H2,1H3,(H,21,25). The lowest BCUT2D eigenvalue weighted by molar-refractivity contribution is -0.118. The molecule has 3 saturated carbocycles. The van der Waals surface area contributed by atoms with E-state index >= 15 is 0 Å². The molecule has 1 amide bonds. The fourth-order valence-corrected chi connectivity index (χ4v) is 6.56. The molecular formula is C20H26N4OS2. The van der Waals surface area contributed by atoms with Crippen LogP contribution in [0.15, 0.2) is 22.7 Å². The molecule has 0 spiro atoms. The number of carbonyl (C=O) groups excluding carboxylic acids is 1. The van der Waals surface area contributed by atoms with Gasteiger partial charge in [0.15, 0.2) is 11.0 Å². The molecule has 0 aliphatic heterocycles. The Kier molecular flexibility index (Phi) is 4.76. The van der Waals surface area contributed by atoms with Gasteiger partial charge in [0.2, 0.25) is 5.91 Å². The molecule has 1 N–H and O–H groups in total. The number of hydrogen-bond acceptors (Lipinski definition) is 5. The van der Waals surface area contributed by atoms with Crippen molar-refractivity contribution in [2.75, 3.05) is 5.75 Å². The largest absolute Gasteiger partial charge is 0.353 e. The molecule has 2 aromatic rings. The van der Waals surface area contributed by atoms with Crippen molar-refractivity contribution in [3.05, 3.63) is 17.5 Å². The van der Waals surface area contributed by atoms with Crippen molar-refractivity contribution in [2.45, 2.75) is 62.7 Å². The Hall–Kier alpha value is -1.34. The van der Waals surface area contributed by atoms with E-state index in [4.69, 9.17) is 0 Å². The van der Waals surface area contributed by atoms with E-state index in [9.17, 15) is 4.79 Å². The van der Waals surface area contributed by atoms with Crippen LogP contribution in [0.1, 0.15) is 51.5 Å². The fourth-order valence-electron chi connectivity index (χ4n) is 5.02. The van der Waals surface area contributed by atoms with Gasteiger partial charge in [-0.25, -0.2) is 0 Å². The zero-order valence-electron chi connectivity index (χ0n) is 15.6. The van der Waals surface area contributed by atoms with Crippen molar-refractivity contribution in [3.63, 3.8) is 0 Å². The van der Waals surface area contributed by atoms with Crippen LogP contribution >= 0.6 is 23.1 Å². The van der Waals surface area contributed by atoms with E-state index in [0.717, 1.165) is 40.5 Å². The average molecular weight is 403 g/mol. The Morgan fingerprint density at radius 1 is 1.33 bits per heavy atom. The number of aromatic nitrogens is 3. The van der Waals surface area contributed by atoms with Gasteiger partial charge < -0.3 is 5.32 Å². The molecule has 4 unspecified atom stereocenters. The molecular weight excluding hydrogens is 376 g/mol. The van der Waals surface area contributed by atoms with Gasteiger partial charge in [-0.1, -0.05) is 24.2 Å².